The van der Waals surface area contributed by atoms with Gasteiger partial charge in [0.15, 0.2) is 0 Å². The molecule has 0 aliphatic carbocycles. The molecule has 0 heterocycles. The van der Waals surface area contributed by atoms with Crippen LogP contribution in [0.5, 0.6) is 5.75 Å². The number of carboxylic acids is 1. The quantitative estimate of drug-likeness (QED) is 0.729. The maximum atomic E-state index is 10.2. The number of aromatic carboxylic acids is 1. The van der Waals surface area contributed by atoms with Crippen LogP contribution in [0.2, 0.25) is 0 Å². The first kappa shape index (κ1) is 10.2. The fourth-order valence-corrected chi connectivity index (χ4v) is 0.639. The number of phenols is 1. The van der Waals surface area contributed by atoms with Crippen LogP contribution in [0, 0.1) is 0 Å². The smallest absolute Gasteiger partial charge is 0.335 e. The van der Waals surface area contributed by atoms with Gasteiger partial charge in [0.2, 0.25) is 0 Å². The minimum absolute atomic E-state index is 0. The number of aromatic hydroxyl groups is 1. The molecule has 0 fully saturated rings. The fraction of sp³-hybridized carbons (Fsp3) is 0. The van der Waals surface area contributed by atoms with Crippen molar-refractivity contribution in [1.29, 1.82) is 0 Å². The standard InChI is InChI=1S/C7H6O3.Ag/c8-6-3-1-2-5(4-6)7(9)10;/h1-4,8H,(H,9,10);. The molecule has 0 saturated carbocycles. The minimum atomic E-state index is -1.03. The van der Waals surface area contributed by atoms with E-state index in [1.807, 2.05) is 0 Å². The molecule has 1 rings (SSSR count). The van der Waals surface area contributed by atoms with Crippen LogP contribution in [0.4, 0.5) is 0 Å². The summed E-state index contributed by atoms with van der Waals surface area (Å²) in [5.74, 6) is -1.06. The average Bonchev–Trinajstić information content (AvgIpc) is 1.88. The van der Waals surface area contributed by atoms with Gasteiger partial charge in [-0.1, -0.05) is 6.07 Å². The largest absolute Gasteiger partial charge is 0.508 e. The first-order valence-corrected chi connectivity index (χ1v) is 2.72. The van der Waals surface area contributed by atoms with E-state index in [-0.39, 0.29) is 33.7 Å². The average molecular weight is 246 g/mol. The van der Waals surface area contributed by atoms with Crippen LogP contribution in [-0.2, 0) is 22.4 Å². The zero-order valence-corrected chi connectivity index (χ0v) is 6.90. The molecule has 0 spiro atoms. The first-order chi connectivity index (χ1) is 4.70. The van der Waals surface area contributed by atoms with Gasteiger partial charge in [-0.3, -0.25) is 0 Å². The SMILES string of the molecule is O=C(O)c1cccc(O)c1.[Ag]. The van der Waals surface area contributed by atoms with Gasteiger partial charge in [0.25, 0.3) is 0 Å². The predicted octanol–water partition coefficient (Wildman–Crippen LogP) is 1.09. The van der Waals surface area contributed by atoms with Gasteiger partial charge in [0.05, 0.1) is 5.56 Å². The van der Waals surface area contributed by atoms with E-state index in [1.54, 1.807) is 0 Å². The van der Waals surface area contributed by atoms with Crippen molar-refractivity contribution in [2.24, 2.45) is 0 Å². The minimum Gasteiger partial charge on any atom is -0.508 e. The van der Waals surface area contributed by atoms with Crippen molar-refractivity contribution in [1.82, 2.24) is 0 Å². The molecule has 2 N–H and O–H groups in total. The molecule has 0 amide bonds. The maximum Gasteiger partial charge on any atom is 0.335 e. The van der Waals surface area contributed by atoms with Crippen molar-refractivity contribution < 1.29 is 37.4 Å². The second-order valence-corrected chi connectivity index (χ2v) is 1.86. The van der Waals surface area contributed by atoms with E-state index < -0.39 is 5.97 Å². The molecule has 0 unspecified atom stereocenters. The zero-order chi connectivity index (χ0) is 7.56. The second kappa shape index (κ2) is 4.18. The van der Waals surface area contributed by atoms with Crippen LogP contribution in [0.1, 0.15) is 10.4 Å². The number of carboxylic acid groups (broad SMARTS) is 1. The van der Waals surface area contributed by atoms with Crippen molar-refractivity contribution in [2.45, 2.75) is 0 Å². The van der Waals surface area contributed by atoms with Crippen molar-refractivity contribution in [3.8, 4) is 5.75 Å². The molecule has 0 saturated heterocycles. The van der Waals surface area contributed by atoms with E-state index in [1.165, 1.54) is 24.3 Å². The van der Waals surface area contributed by atoms with E-state index in [4.69, 9.17) is 10.2 Å². The third-order valence-electron chi connectivity index (χ3n) is 1.09. The third-order valence-corrected chi connectivity index (χ3v) is 1.09. The van der Waals surface area contributed by atoms with Crippen LogP contribution in [-0.4, -0.2) is 16.2 Å². The van der Waals surface area contributed by atoms with Crippen molar-refractivity contribution in [3.63, 3.8) is 0 Å². The topological polar surface area (TPSA) is 57.5 Å². The van der Waals surface area contributed by atoms with Crippen molar-refractivity contribution in [2.75, 3.05) is 0 Å². The Kier molecular flexibility index (Phi) is 3.89. The monoisotopic (exact) mass is 245 g/mol. The molecular formula is C7H6AgO3. The first-order valence-electron chi connectivity index (χ1n) is 2.72. The Hall–Kier alpha value is -0.770. The van der Waals surface area contributed by atoms with Gasteiger partial charge < -0.3 is 10.2 Å². The normalized spacial score (nSPS) is 8.36. The van der Waals surface area contributed by atoms with E-state index in [9.17, 15) is 4.79 Å². The number of hydrogen-bond donors (Lipinski definition) is 2. The number of carbonyl (C=O) groups is 1. The molecule has 0 bridgehead atoms. The molecule has 1 aromatic carbocycles. The molecular weight excluding hydrogens is 240 g/mol. The Bertz CT molecular complexity index is 260. The van der Waals surface area contributed by atoms with Crippen LogP contribution < -0.4 is 0 Å². The summed E-state index contributed by atoms with van der Waals surface area (Å²) < 4.78 is 0. The fourth-order valence-electron chi connectivity index (χ4n) is 0.639. The summed E-state index contributed by atoms with van der Waals surface area (Å²) in [4.78, 5) is 10.2. The van der Waals surface area contributed by atoms with Crippen molar-refractivity contribution >= 4 is 5.97 Å². The Balaban J connectivity index is 0.000001000. The Morgan fingerprint density at radius 3 is 2.36 bits per heavy atom. The molecule has 0 aliphatic heterocycles. The van der Waals surface area contributed by atoms with E-state index in [0.29, 0.717) is 0 Å². The maximum absolute atomic E-state index is 10.2. The molecule has 4 heteroatoms. The van der Waals surface area contributed by atoms with Crippen LogP contribution in [0.3, 0.4) is 0 Å². The van der Waals surface area contributed by atoms with Gasteiger partial charge in [-0.2, -0.15) is 0 Å². The summed E-state index contributed by atoms with van der Waals surface area (Å²) in [6, 6.07) is 5.52. The number of benzene rings is 1. The summed E-state index contributed by atoms with van der Waals surface area (Å²) in [5, 5.41) is 17.2. The Morgan fingerprint density at radius 1 is 1.36 bits per heavy atom. The van der Waals surface area contributed by atoms with Crippen LogP contribution in [0.25, 0.3) is 0 Å². The zero-order valence-electron chi connectivity index (χ0n) is 5.41. The van der Waals surface area contributed by atoms with E-state index >= 15 is 0 Å². The van der Waals surface area contributed by atoms with Crippen LogP contribution in [0.15, 0.2) is 24.3 Å². The summed E-state index contributed by atoms with van der Waals surface area (Å²) in [6.07, 6.45) is 0. The van der Waals surface area contributed by atoms with Gasteiger partial charge in [0.1, 0.15) is 5.75 Å². The van der Waals surface area contributed by atoms with Gasteiger partial charge in [-0.05, 0) is 18.2 Å². The molecule has 0 aliphatic rings. The van der Waals surface area contributed by atoms with Crippen molar-refractivity contribution in [3.05, 3.63) is 29.8 Å². The predicted molar refractivity (Wildman–Crippen MR) is 35.1 cm³/mol. The number of rotatable bonds is 1. The van der Waals surface area contributed by atoms with E-state index in [0.717, 1.165) is 0 Å². The molecule has 1 radical (unpaired) electrons. The molecule has 1 aromatic rings. The van der Waals surface area contributed by atoms with Gasteiger partial charge in [0, 0.05) is 22.4 Å². The summed E-state index contributed by atoms with van der Waals surface area (Å²) in [6.45, 7) is 0. The number of phenolic OH excluding ortho intramolecular Hbond substituents is 1. The molecule has 11 heavy (non-hydrogen) atoms. The van der Waals surface area contributed by atoms with Gasteiger partial charge in [-0.15, -0.1) is 0 Å². The van der Waals surface area contributed by atoms with Gasteiger partial charge in [-0.25, -0.2) is 4.79 Å². The molecule has 0 aromatic heterocycles. The van der Waals surface area contributed by atoms with E-state index in [2.05, 4.69) is 0 Å². The molecule has 0 atom stereocenters. The third kappa shape index (κ3) is 2.76. The van der Waals surface area contributed by atoms with Gasteiger partial charge >= 0.3 is 5.97 Å². The van der Waals surface area contributed by atoms with Crippen LogP contribution >= 0.6 is 0 Å². The molecule has 63 valence electrons. The Morgan fingerprint density at radius 2 is 2.00 bits per heavy atom. The summed E-state index contributed by atoms with van der Waals surface area (Å²) in [5.41, 5.74) is 0.0972. The Labute approximate surface area is 79.2 Å². The summed E-state index contributed by atoms with van der Waals surface area (Å²) in [7, 11) is 0. The second-order valence-electron chi connectivity index (χ2n) is 1.86. The molecule has 3 nitrogen and oxygen atoms in total. The number of hydrogen-bond acceptors (Lipinski definition) is 2. The summed E-state index contributed by atoms with van der Waals surface area (Å²) >= 11 is 0.